The molecule has 2 aliphatic rings. The highest BCUT2D eigenvalue weighted by molar-refractivity contribution is 5.81. The quantitative estimate of drug-likeness (QED) is 0.812. The van der Waals surface area contributed by atoms with Crippen LogP contribution < -0.4 is 0 Å². The number of hydrogen-bond acceptors (Lipinski definition) is 3. The van der Waals surface area contributed by atoms with Crippen LogP contribution in [0.5, 0.6) is 0 Å². The Morgan fingerprint density at radius 3 is 2.44 bits per heavy atom. The number of carbonyl (C=O) groups excluding carboxylic acids is 2. The molecule has 0 unspecified atom stereocenters. The van der Waals surface area contributed by atoms with E-state index in [0.29, 0.717) is 39.1 Å². The molecule has 0 radical (unpaired) electrons. The van der Waals surface area contributed by atoms with Gasteiger partial charge in [0.15, 0.2) is 0 Å². The lowest BCUT2D eigenvalue weighted by atomic mass is 9.85. The molecule has 27 heavy (non-hydrogen) atoms. The number of likely N-dealkylation sites (tertiary alicyclic amines) is 1. The minimum atomic E-state index is -0.236. The van der Waals surface area contributed by atoms with E-state index >= 15 is 0 Å². The number of amides is 2. The molecule has 6 heteroatoms. The van der Waals surface area contributed by atoms with Crippen molar-refractivity contribution in [3.63, 3.8) is 0 Å². The lowest BCUT2D eigenvalue weighted by molar-refractivity contribution is -0.135. The maximum absolute atomic E-state index is 13.2. The van der Waals surface area contributed by atoms with Crippen LogP contribution in [0.2, 0.25) is 0 Å². The van der Waals surface area contributed by atoms with Crippen LogP contribution in [-0.4, -0.2) is 65.8 Å². The van der Waals surface area contributed by atoms with Gasteiger partial charge in [-0.1, -0.05) is 26.0 Å². The zero-order valence-corrected chi connectivity index (χ0v) is 16.6. The van der Waals surface area contributed by atoms with E-state index in [1.807, 2.05) is 42.7 Å². The highest BCUT2D eigenvalue weighted by Crippen LogP contribution is 2.35. The molecule has 1 atom stereocenters. The van der Waals surface area contributed by atoms with Crippen LogP contribution in [0, 0.1) is 17.2 Å². The minimum absolute atomic E-state index is 0.0509. The molecular weight excluding hydrogens is 345 g/mol. The smallest absolute Gasteiger partial charge is 0.225 e. The van der Waals surface area contributed by atoms with Crippen LogP contribution in [0.3, 0.4) is 0 Å². The third-order valence-electron chi connectivity index (χ3n) is 5.68. The molecule has 2 amide bonds. The van der Waals surface area contributed by atoms with Gasteiger partial charge < -0.3 is 9.80 Å². The van der Waals surface area contributed by atoms with Crippen molar-refractivity contribution >= 4 is 11.8 Å². The fourth-order valence-electron chi connectivity index (χ4n) is 4.37. The van der Waals surface area contributed by atoms with E-state index in [0.717, 1.165) is 18.7 Å². The molecule has 2 fully saturated rings. The van der Waals surface area contributed by atoms with Gasteiger partial charge in [-0.05, 0) is 24.6 Å². The van der Waals surface area contributed by atoms with Gasteiger partial charge in [-0.25, -0.2) is 4.39 Å². The van der Waals surface area contributed by atoms with Crippen molar-refractivity contribution in [2.45, 2.75) is 33.7 Å². The van der Waals surface area contributed by atoms with Gasteiger partial charge in [0, 0.05) is 63.6 Å². The summed E-state index contributed by atoms with van der Waals surface area (Å²) in [5.41, 5.74) is 0.820. The molecule has 0 N–H and O–H groups in total. The molecule has 2 heterocycles. The van der Waals surface area contributed by atoms with Gasteiger partial charge in [-0.3, -0.25) is 14.5 Å². The van der Waals surface area contributed by atoms with E-state index in [2.05, 4.69) is 4.90 Å². The second-order valence-electron chi connectivity index (χ2n) is 8.34. The Balaban J connectivity index is 1.82. The Morgan fingerprint density at radius 1 is 1.15 bits per heavy atom. The first kappa shape index (κ1) is 19.8. The largest absolute Gasteiger partial charge is 0.342 e. The molecule has 5 nitrogen and oxygen atoms in total. The predicted octanol–water partition coefficient (Wildman–Crippen LogP) is 2.36. The second-order valence-corrected chi connectivity index (χ2v) is 8.34. The summed E-state index contributed by atoms with van der Waals surface area (Å²) in [6, 6.07) is 6.58. The molecule has 0 aliphatic carbocycles. The fraction of sp³-hybridized carbons (Fsp3) is 0.619. The average Bonchev–Trinajstić information content (AvgIpc) is 2.83. The summed E-state index contributed by atoms with van der Waals surface area (Å²) >= 11 is 0. The molecule has 1 spiro atoms. The van der Waals surface area contributed by atoms with Gasteiger partial charge in [0.25, 0.3) is 0 Å². The Morgan fingerprint density at radius 2 is 1.85 bits per heavy atom. The van der Waals surface area contributed by atoms with Crippen LogP contribution in [-0.2, 0) is 16.1 Å². The number of halogens is 1. The molecule has 148 valence electrons. The number of rotatable bonds is 4. The number of nitrogens with zero attached hydrogens (tertiary/aromatic N) is 3. The Kier molecular flexibility index (Phi) is 5.84. The van der Waals surface area contributed by atoms with E-state index < -0.39 is 0 Å². The lowest BCUT2D eigenvalue weighted by Crippen LogP contribution is -2.45. The first-order chi connectivity index (χ1) is 12.8. The highest BCUT2D eigenvalue weighted by Gasteiger charge is 2.46. The maximum atomic E-state index is 13.2. The molecule has 0 aromatic heterocycles. The molecule has 3 rings (SSSR count). The first-order valence-corrected chi connectivity index (χ1v) is 9.85. The van der Waals surface area contributed by atoms with Crippen molar-refractivity contribution in [2.24, 2.45) is 11.3 Å². The van der Waals surface area contributed by atoms with E-state index in [1.54, 1.807) is 0 Å². The predicted molar refractivity (Wildman–Crippen MR) is 102 cm³/mol. The second kappa shape index (κ2) is 7.97. The maximum Gasteiger partial charge on any atom is 0.225 e. The van der Waals surface area contributed by atoms with Crippen molar-refractivity contribution < 1.29 is 14.0 Å². The van der Waals surface area contributed by atoms with E-state index in [4.69, 9.17) is 0 Å². The van der Waals surface area contributed by atoms with Crippen molar-refractivity contribution in [1.29, 1.82) is 0 Å². The van der Waals surface area contributed by atoms with Crippen LogP contribution in [0.4, 0.5) is 4.39 Å². The third-order valence-corrected chi connectivity index (χ3v) is 5.68. The molecular formula is C21H30FN3O2. The average molecular weight is 375 g/mol. The monoisotopic (exact) mass is 375 g/mol. The number of benzene rings is 1. The highest BCUT2D eigenvalue weighted by atomic mass is 19.1. The first-order valence-electron chi connectivity index (χ1n) is 9.85. The van der Waals surface area contributed by atoms with Crippen LogP contribution in [0.15, 0.2) is 24.3 Å². The summed E-state index contributed by atoms with van der Waals surface area (Å²) in [6.45, 7) is 10.8. The van der Waals surface area contributed by atoms with Crippen molar-refractivity contribution in [2.75, 3.05) is 39.3 Å². The SMILES string of the molecule is CCN1C[C@]2(CC1=O)CN(Cc1ccc(F)cc1)CCN(C(=O)C(C)C)C2. The van der Waals surface area contributed by atoms with Crippen LogP contribution in [0.25, 0.3) is 0 Å². The van der Waals surface area contributed by atoms with Gasteiger partial charge in [0.05, 0.1) is 0 Å². The standard InChI is InChI=1S/C21H30FN3O2/c1-4-24-14-21(11-19(24)26)13-23(12-17-5-7-18(22)8-6-17)9-10-25(15-21)20(27)16(2)3/h5-8,16H,4,9-15H2,1-3H3/t21-/m0/s1. The lowest BCUT2D eigenvalue weighted by Gasteiger charge is -2.34. The van der Waals surface area contributed by atoms with Crippen molar-refractivity contribution in [3.8, 4) is 0 Å². The molecule has 1 aromatic rings. The summed E-state index contributed by atoms with van der Waals surface area (Å²) < 4.78 is 13.2. The van der Waals surface area contributed by atoms with Gasteiger partial charge in [0.2, 0.25) is 11.8 Å². The minimum Gasteiger partial charge on any atom is -0.342 e. The van der Waals surface area contributed by atoms with Crippen LogP contribution >= 0.6 is 0 Å². The third kappa shape index (κ3) is 4.49. The zero-order chi connectivity index (χ0) is 19.6. The Labute approximate surface area is 161 Å². The van der Waals surface area contributed by atoms with E-state index in [9.17, 15) is 14.0 Å². The normalized spacial score (nSPS) is 24.1. The molecule has 0 bridgehead atoms. The van der Waals surface area contributed by atoms with Gasteiger partial charge in [-0.2, -0.15) is 0 Å². The topological polar surface area (TPSA) is 43.9 Å². The van der Waals surface area contributed by atoms with Crippen LogP contribution in [0.1, 0.15) is 32.8 Å². The van der Waals surface area contributed by atoms with E-state index in [1.165, 1.54) is 12.1 Å². The number of hydrogen-bond donors (Lipinski definition) is 0. The summed E-state index contributed by atoms with van der Waals surface area (Å²) in [4.78, 5) is 31.3. The van der Waals surface area contributed by atoms with Gasteiger partial charge >= 0.3 is 0 Å². The summed E-state index contributed by atoms with van der Waals surface area (Å²) in [5, 5.41) is 0. The number of carbonyl (C=O) groups is 2. The van der Waals surface area contributed by atoms with Crippen molar-refractivity contribution in [3.05, 3.63) is 35.6 Å². The summed E-state index contributed by atoms with van der Waals surface area (Å²) in [7, 11) is 0. The van der Waals surface area contributed by atoms with Gasteiger partial charge in [-0.15, -0.1) is 0 Å². The van der Waals surface area contributed by atoms with Crippen molar-refractivity contribution in [1.82, 2.24) is 14.7 Å². The Hall–Kier alpha value is -1.95. The Bertz CT molecular complexity index is 691. The molecule has 1 aromatic carbocycles. The zero-order valence-electron chi connectivity index (χ0n) is 16.6. The molecule has 2 saturated heterocycles. The summed E-state index contributed by atoms with van der Waals surface area (Å²) in [5.74, 6) is 0.0448. The van der Waals surface area contributed by atoms with Gasteiger partial charge in [0.1, 0.15) is 5.82 Å². The molecule has 0 saturated carbocycles. The fourth-order valence-corrected chi connectivity index (χ4v) is 4.37. The summed E-state index contributed by atoms with van der Waals surface area (Å²) in [6.07, 6.45) is 0.489. The molecule has 2 aliphatic heterocycles. The van der Waals surface area contributed by atoms with E-state index in [-0.39, 0.29) is 29.0 Å².